The second-order valence-electron chi connectivity index (χ2n) is 5.16. The summed E-state index contributed by atoms with van der Waals surface area (Å²) in [5, 5.41) is 13.0. The number of nitrogens with one attached hydrogen (secondary N) is 1. The van der Waals surface area contributed by atoms with Crippen LogP contribution in [0.5, 0.6) is 0 Å². The molecule has 1 aliphatic carbocycles. The van der Waals surface area contributed by atoms with Crippen LogP contribution in [0.3, 0.4) is 0 Å². The molecule has 0 fully saturated rings. The average molecular weight is 266 g/mol. The fourth-order valence-electron chi connectivity index (χ4n) is 2.92. The smallest absolute Gasteiger partial charge is 0.151 e. The molecule has 3 heteroatoms. The number of rotatable bonds is 2. The van der Waals surface area contributed by atoms with E-state index in [1.807, 2.05) is 18.2 Å². The topological polar surface area (TPSA) is 35.8 Å². The van der Waals surface area contributed by atoms with Gasteiger partial charge >= 0.3 is 0 Å². The Labute approximate surface area is 117 Å². The first-order valence-corrected chi connectivity index (χ1v) is 6.77. The quantitative estimate of drug-likeness (QED) is 0.892. The van der Waals surface area contributed by atoms with E-state index in [1.165, 1.54) is 17.7 Å². The molecule has 1 atom stereocenters. The van der Waals surface area contributed by atoms with Crippen LogP contribution in [0.4, 0.5) is 10.1 Å². The lowest BCUT2D eigenvalue weighted by molar-refractivity contribution is 0.504. The molecule has 2 nitrogen and oxygen atoms in total. The second-order valence-corrected chi connectivity index (χ2v) is 5.16. The van der Waals surface area contributed by atoms with E-state index in [0.717, 1.165) is 24.8 Å². The Kier molecular flexibility index (Phi) is 3.15. The SMILES string of the molecule is N#CC1(Nc2cccc(F)c2)CCCc2ccccc21. The van der Waals surface area contributed by atoms with Crippen molar-refractivity contribution in [3.8, 4) is 6.07 Å². The van der Waals surface area contributed by atoms with Crippen molar-refractivity contribution in [3.63, 3.8) is 0 Å². The van der Waals surface area contributed by atoms with E-state index in [1.54, 1.807) is 12.1 Å². The van der Waals surface area contributed by atoms with Crippen molar-refractivity contribution < 1.29 is 4.39 Å². The van der Waals surface area contributed by atoms with Crippen LogP contribution in [0.25, 0.3) is 0 Å². The molecule has 2 aromatic carbocycles. The summed E-state index contributed by atoms with van der Waals surface area (Å²) in [6, 6.07) is 16.7. The van der Waals surface area contributed by atoms with Crippen LogP contribution >= 0.6 is 0 Å². The molecule has 1 aliphatic rings. The lowest BCUT2D eigenvalue weighted by Crippen LogP contribution is -2.37. The maximum atomic E-state index is 13.3. The highest BCUT2D eigenvalue weighted by atomic mass is 19.1. The summed E-state index contributed by atoms with van der Waals surface area (Å²) in [6.45, 7) is 0. The first kappa shape index (κ1) is 12.7. The van der Waals surface area contributed by atoms with Gasteiger partial charge in [-0.2, -0.15) is 5.26 Å². The summed E-state index contributed by atoms with van der Waals surface area (Å²) in [5.41, 5.74) is 2.09. The van der Waals surface area contributed by atoms with Crippen molar-refractivity contribution in [3.05, 3.63) is 65.5 Å². The van der Waals surface area contributed by atoms with E-state index in [4.69, 9.17) is 0 Å². The van der Waals surface area contributed by atoms with Gasteiger partial charge in [0, 0.05) is 5.69 Å². The van der Waals surface area contributed by atoms with Crippen LogP contribution in [0, 0.1) is 17.1 Å². The van der Waals surface area contributed by atoms with E-state index < -0.39 is 5.54 Å². The van der Waals surface area contributed by atoms with Crippen molar-refractivity contribution in [1.29, 1.82) is 5.26 Å². The third-order valence-electron chi connectivity index (χ3n) is 3.85. The predicted molar refractivity (Wildman–Crippen MR) is 76.7 cm³/mol. The Morgan fingerprint density at radius 2 is 2.00 bits per heavy atom. The van der Waals surface area contributed by atoms with Gasteiger partial charge in [-0.15, -0.1) is 0 Å². The van der Waals surface area contributed by atoms with Gasteiger partial charge < -0.3 is 5.32 Å². The zero-order chi connectivity index (χ0) is 14.0. The number of fused-ring (bicyclic) bond motifs is 1. The molecule has 3 rings (SSSR count). The van der Waals surface area contributed by atoms with Crippen LogP contribution < -0.4 is 5.32 Å². The number of halogens is 1. The maximum absolute atomic E-state index is 13.3. The van der Waals surface area contributed by atoms with Crippen molar-refractivity contribution >= 4 is 5.69 Å². The minimum Gasteiger partial charge on any atom is -0.364 e. The molecule has 0 radical (unpaired) electrons. The van der Waals surface area contributed by atoms with Gasteiger partial charge in [0.1, 0.15) is 5.82 Å². The Bertz CT molecular complexity index is 675. The van der Waals surface area contributed by atoms with E-state index in [2.05, 4.69) is 17.5 Å². The maximum Gasteiger partial charge on any atom is 0.151 e. The van der Waals surface area contributed by atoms with Gasteiger partial charge in [0.2, 0.25) is 0 Å². The molecular formula is C17H15FN2. The molecule has 0 saturated heterocycles. The monoisotopic (exact) mass is 266 g/mol. The average Bonchev–Trinajstić information content (AvgIpc) is 2.47. The molecule has 100 valence electrons. The summed E-state index contributed by atoms with van der Waals surface area (Å²) in [6.07, 6.45) is 2.67. The zero-order valence-corrected chi connectivity index (χ0v) is 11.1. The number of hydrogen-bond donors (Lipinski definition) is 1. The standard InChI is InChI=1S/C17H15FN2/c18-14-7-3-8-15(11-14)20-17(12-19)10-4-6-13-5-1-2-9-16(13)17/h1-3,5,7-9,11,20H,4,6,10H2. The molecule has 0 saturated carbocycles. The molecule has 0 spiro atoms. The van der Waals surface area contributed by atoms with Gasteiger partial charge in [-0.3, -0.25) is 0 Å². The Balaban J connectivity index is 2.03. The molecule has 1 unspecified atom stereocenters. The largest absolute Gasteiger partial charge is 0.364 e. The molecule has 0 aromatic heterocycles. The van der Waals surface area contributed by atoms with E-state index >= 15 is 0 Å². The lowest BCUT2D eigenvalue weighted by atomic mass is 9.77. The summed E-state index contributed by atoms with van der Waals surface area (Å²) in [7, 11) is 0. The molecular weight excluding hydrogens is 251 g/mol. The highest BCUT2D eigenvalue weighted by Gasteiger charge is 2.36. The van der Waals surface area contributed by atoms with Gasteiger partial charge in [-0.25, -0.2) is 4.39 Å². The summed E-state index contributed by atoms with van der Waals surface area (Å²) < 4.78 is 13.3. The van der Waals surface area contributed by atoms with Crippen LogP contribution in [0.15, 0.2) is 48.5 Å². The van der Waals surface area contributed by atoms with Gasteiger partial charge in [0.05, 0.1) is 6.07 Å². The van der Waals surface area contributed by atoms with Gasteiger partial charge in [-0.05, 0) is 48.6 Å². The number of nitrogens with zero attached hydrogens (tertiary/aromatic N) is 1. The van der Waals surface area contributed by atoms with Crippen molar-refractivity contribution in [2.45, 2.75) is 24.8 Å². The molecule has 0 heterocycles. The second kappa shape index (κ2) is 4.97. The number of aryl methyl sites for hydroxylation is 1. The lowest BCUT2D eigenvalue weighted by Gasteiger charge is -2.35. The summed E-state index contributed by atoms with van der Waals surface area (Å²) in [4.78, 5) is 0. The minimum atomic E-state index is -0.761. The number of anilines is 1. The third-order valence-corrected chi connectivity index (χ3v) is 3.85. The molecule has 0 bridgehead atoms. The number of nitriles is 1. The van der Waals surface area contributed by atoms with Gasteiger partial charge in [0.15, 0.2) is 5.54 Å². The fourth-order valence-corrected chi connectivity index (χ4v) is 2.92. The van der Waals surface area contributed by atoms with E-state index in [9.17, 15) is 9.65 Å². The Morgan fingerprint density at radius 3 is 2.80 bits per heavy atom. The van der Waals surface area contributed by atoms with Gasteiger partial charge in [-0.1, -0.05) is 30.3 Å². The molecule has 0 aliphatic heterocycles. The highest BCUT2D eigenvalue weighted by molar-refractivity contribution is 5.53. The van der Waals surface area contributed by atoms with Crippen LogP contribution in [0.2, 0.25) is 0 Å². The first-order valence-electron chi connectivity index (χ1n) is 6.77. The molecule has 20 heavy (non-hydrogen) atoms. The first-order chi connectivity index (χ1) is 9.73. The summed E-state index contributed by atoms with van der Waals surface area (Å²) in [5.74, 6) is -0.299. The normalized spacial score (nSPS) is 20.8. The van der Waals surface area contributed by atoms with Crippen LogP contribution in [-0.4, -0.2) is 0 Å². The van der Waals surface area contributed by atoms with Gasteiger partial charge in [0.25, 0.3) is 0 Å². The minimum absolute atomic E-state index is 0.299. The molecule has 1 N–H and O–H groups in total. The zero-order valence-electron chi connectivity index (χ0n) is 11.1. The van der Waals surface area contributed by atoms with Crippen LogP contribution in [0.1, 0.15) is 24.0 Å². The Hall–Kier alpha value is -2.34. The van der Waals surface area contributed by atoms with E-state index in [0.29, 0.717) is 5.69 Å². The van der Waals surface area contributed by atoms with E-state index in [-0.39, 0.29) is 5.82 Å². The number of benzene rings is 2. The third kappa shape index (κ3) is 2.14. The molecule has 0 amide bonds. The van der Waals surface area contributed by atoms with Crippen LogP contribution in [-0.2, 0) is 12.0 Å². The summed E-state index contributed by atoms with van der Waals surface area (Å²) >= 11 is 0. The van der Waals surface area contributed by atoms with Crippen molar-refractivity contribution in [2.75, 3.05) is 5.32 Å². The fraction of sp³-hybridized carbons (Fsp3) is 0.235. The van der Waals surface area contributed by atoms with Crippen molar-refractivity contribution in [1.82, 2.24) is 0 Å². The molecule has 2 aromatic rings. The van der Waals surface area contributed by atoms with Crippen molar-refractivity contribution in [2.24, 2.45) is 0 Å². The Morgan fingerprint density at radius 1 is 1.15 bits per heavy atom. The highest BCUT2D eigenvalue weighted by Crippen LogP contribution is 2.37. The predicted octanol–water partition coefficient (Wildman–Crippen LogP) is 3.99. The number of hydrogen-bond acceptors (Lipinski definition) is 2.